The third-order valence-electron chi connectivity index (χ3n) is 2.56. The number of thiophene rings is 1. The first-order chi connectivity index (χ1) is 9.56. The predicted molar refractivity (Wildman–Crippen MR) is 76.3 cm³/mol. The van der Waals surface area contributed by atoms with Crippen molar-refractivity contribution >= 4 is 28.4 Å². The highest BCUT2D eigenvalue weighted by atomic mass is 32.1. The van der Waals surface area contributed by atoms with Crippen molar-refractivity contribution in [3.05, 3.63) is 52.4 Å². The Kier molecular flexibility index (Phi) is 4.37. The summed E-state index contributed by atoms with van der Waals surface area (Å²) in [6, 6.07) is 10.8. The number of carboxylic acids is 1. The summed E-state index contributed by atoms with van der Waals surface area (Å²) in [7, 11) is 0. The second-order valence-electron chi connectivity index (χ2n) is 4.11. The molecule has 0 unspecified atom stereocenters. The summed E-state index contributed by atoms with van der Waals surface area (Å²) >= 11 is 1.01. The minimum absolute atomic E-state index is 0.170. The Balaban J connectivity index is 1.93. The van der Waals surface area contributed by atoms with E-state index in [1.54, 1.807) is 6.92 Å². The molecule has 0 radical (unpaired) electrons. The zero-order valence-corrected chi connectivity index (χ0v) is 11.6. The van der Waals surface area contributed by atoms with Crippen LogP contribution in [0, 0.1) is 6.92 Å². The molecule has 2 rings (SSSR count). The third-order valence-corrected chi connectivity index (χ3v) is 3.70. The normalized spacial score (nSPS) is 10.1. The summed E-state index contributed by atoms with van der Waals surface area (Å²) in [4.78, 5) is 22.7. The van der Waals surface area contributed by atoms with E-state index in [2.05, 4.69) is 5.32 Å². The van der Waals surface area contributed by atoms with Gasteiger partial charge < -0.3 is 9.84 Å². The molecule has 20 heavy (non-hydrogen) atoms. The lowest BCUT2D eigenvalue weighted by Gasteiger charge is -2.06. The number of carboxylic acid groups (broad SMARTS) is 1. The molecule has 0 saturated carbocycles. The summed E-state index contributed by atoms with van der Waals surface area (Å²) in [5.74, 6) is -1.01. The number of nitrogens with one attached hydrogen (secondary N) is 1. The summed E-state index contributed by atoms with van der Waals surface area (Å²) in [6.07, 6.45) is -0.601. The van der Waals surface area contributed by atoms with E-state index < -0.39 is 12.1 Å². The summed E-state index contributed by atoms with van der Waals surface area (Å²) in [6.45, 7) is 1.90. The molecule has 6 heteroatoms. The highest BCUT2D eigenvalue weighted by Gasteiger charge is 2.13. The largest absolute Gasteiger partial charge is 0.477 e. The Hall–Kier alpha value is -2.34. The maximum absolute atomic E-state index is 11.6. The number of hydrogen-bond donors (Lipinski definition) is 2. The Morgan fingerprint density at radius 2 is 2.00 bits per heavy atom. The van der Waals surface area contributed by atoms with E-state index in [9.17, 15) is 9.59 Å². The van der Waals surface area contributed by atoms with Crippen LogP contribution in [0.4, 0.5) is 9.80 Å². The lowest BCUT2D eigenvalue weighted by molar-refractivity contribution is 0.0702. The topological polar surface area (TPSA) is 75.6 Å². The quantitative estimate of drug-likeness (QED) is 0.904. The number of hydrogen-bond acceptors (Lipinski definition) is 4. The molecule has 0 fully saturated rings. The highest BCUT2D eigenvalue weighted by Crippen LogP contribution is 2.27. The van der Waals surface area contributed by atoms with Crippen molar-refractivity contribution in [2.24, 2.45) is 0 Å². The van der Waals surface area contributed by atoms with Crippen molar-refractivity contribution < 1.29 is 19.4 Å². The van der Waals surface area contributed by atoms with E-state index in [0.29, 0.717) is 10.6 Å². The second-order valence-corrected chi connectivity index (χ2v) is 5.17. The van der Waals surface area contributed by atoms with Gasteiger partial charge in [0, 0.05) is 0 Å². The Labute approximate surface area is 119 Å². The van der Waals surface area contributed by atoms with Gasteiger partial charge in [-0.05, 0) is 24.1 Å². The van der Waals surface area contributed by atoms with Gasteiger partial charge in [0.25, 0.3) is 0 Å². The molecule has 2 aromatic rings. The molecule has 1 heterocycles. The minimum atomic E-state index is -1.01. The van der Waals surface area contributed by atoms with Gasteiger partial charge in [0.05, 0.1) is 0 Å². The third kappa shape index (κ3) is 3.58. The fourth-order valence-corrected chi connectivity index (χ4v) is 2.46. The highest BCUT2D eigenvalue weighted by molar-refractivity contribution is 7.18. The lowest BCUT2D eigenvalue weighted by atomic mass is 10.2. The first-order valence-electron chi connectivity index (χ1n) is 5.87. The van der Waals surface area contributed by atoms with Gasteiger partial charge in [0.2, 0.25) is 0 Å². The van der Waals surface area contributed by atoms with E-state index in [-0.39, 0.29) is 11.5 Å². The van der Waals surface area contributed by atoms with Gasteiger partial charge in [0.1, 0.15) is 16.5 Å². The Morgan fingerprint density at radius 3 is 2.60 bits per heavy atom. The molecule has 0 aliphatic carbocycles. The number of carbonyl (C=O) groups is 2. The van der Waals surface area contributed by atoms with Crippen molar-refractivity contribution in [1.29, 1.82) is 0 Å². The zero-order chi connectivity index (χ0) is 14.5. The maximum atomic E-state index is 11.6. The molecule has 0 spiro atoms. The standard InChI is InChI=1S/C14H13NO4S/c1-9-7-11(13(16)17)20-12(9)15-14(18)19-8-10-5-3-2-4-6-10/h2-7H,8H2,1H3,(H,15,18)(H,16,17). The van der Waals surface area contributed by atoms with E-state index >= 15 is 0 Å². The van der Waals surface area contributed by atoms with Crippen molar-refractivity contribution in [3.63, 3.8) is 0 Å². The SMILES string of the molecule is Cc1cc(C(=O)O)sc1NC(=O)OCc1ccccc1. The van der Waals surface area contributed by atoms with Gasteiger partial charge in [-0.1, -0.05) is 30.3 Å². The van der Waals surface area contributed by atoms with Crippen molar-refractivity contribution in [3.8, 4) is 0 Å². The number of aromatic carboxylic acids is 1. The van der Waals surface area contributed by atoms with Gasteiger partial charge in [-0.15, -0.1) is 11.3 Å². The number of benzene rings is 1. The molecule has 2 N–H and O–H groups in total. The van der Waals surface area contributed by atoms with Crippen LogP contribution in [0.5, 0.6) is 0 Å². The van der Waals surface area contributed by atoms with Crippen molar-refractivity contribution in [2.45, 2.75) is 13.5 Å². The van der Waals surface area contributed by atoms with Crippen LogP contribution in [0.2, 0.25) is 0 Å². The van der Waals surface area contributed by atoms with Crippen LogP contribution >= 0.6 is 11.3 Å². The Bertz CT molecular complexity index is 621. The van der Waals surface area contributed by atoms with Crippen LogP contribution in [0.15, 0.2) is 36.4 Å². The summed E-state index contributed by atoms with van der Waals surface area (Å²) < 4.78 is 5.07. The monoisotopic (exact) mass is 291 g/mol. The summed E-state index contributed by atoms with van der Waals surface area (Å²) in [5, 5.41) is 11.9. The zero-order valence-electron chi connectivity index (χ0n) is 10.8. The van der Waals surface area contributed by atoms with Gasteiger partial charge in [-0.2, -0.15) is 0 Å². The van der Waals surface area contributed by atoms with E-state index in [1.807, 2.05) is 30.3 Å². The predicted octanol–water partition coefficient (Wildman–Crippen LogP) is 3.50. The minimum Gasteiger partial charge on any atom is -0.477 e. The average Bonchev–Trinajstić information content (AvgIpc) is 2.79. The number of carbonyl (C=O) groups excluding carboxylic acids is 1. The molecule has 0 bridgehead atoms. The fraction of sp³-hybridized carbons (Fsp3) is 0.143. The van der Waals surface area contributed by atoms with Crippen LogP contribution in [-0.2, 0) is 11.3 Å². The molecule has 0 aliphatic rings. The fourth-order valence-electron chi connectivity index (χ4n) is 1.56. The van der Waals surface area contributed by atoms with Crippen LogP contribution in [0.25, 0.3) is 0 Å². The van der Waals surface area contributed by atoms with E-state index in [4.69, 9.17) is 9.84 Å². The van der Waals surface area contributed by atoms with Gasteiger partial charge >= 0.3 is 12.1 Å². The molecule has 0 saturated heterocycles. The van der Waals surface area contributed by atoms with E-state index in [1.165, 1.54) is 6.07 Å². The maximum Gasteiger partial charge on any atom is 0.412 e. The number of aryl methyl sites for hydroxylation is 1. The number of anilines is 1. The molecule has 104 valence electrons. The van der Waals surface area contributed by atoms with Gasteiger partial charge in [0.15, 0.2) is 0 Å². The van der Waals surface area contributed by atoms with Crippen LogP contribution in [0.3, 0.4) is 0 Å². The van der Waals surface area contributed by atoms with Crippen LogP contribution in [0.1, 0.15) is 20.8 Å². The van der Waals surface area contributed by atoms with Gasteiger partial charge in [-0.3, -0.25) is 5.32 Å². The molecule has 1 aromatic heterocycles. The second kappa shape index (κ2) is 6.21. The van der Waals surface area contributed by atoms with Crippen molar-refractivity contribution in [1.82, 2.24) is 0 Å². The molecular formula is C14H13NO4S. The van der Waals surface area contributed by atoms with Crippen molar-refractivity contribution in [2.75, 3.05) is 5.32 Å². The number of rotatable bonds is 4. The molecule has 0 atom stereocenters. The van der Waals surface area contributed by atoms with E-state index in [0.717, 1.165) is 16.9 Å². The van der Waals surface area contributed by atoms with Crippen LogP contribution in [-0.4, -0.2) is 17.2 Å². The first-order valence-corrected chi connectivity index (χ1v) is 6.69. The van der Waals surface area contributed by atoms with Gasteiger partial charge in [-0.25, -0.2) is 9.59 Å². The number of amides is 1. The first kappa shape index (κ1) is 14.1. The average molecular weight is 291 g/mol. The summed E-state index contributed by atoms with van der Waals surface area (Å²) in [5.41, 5.74) is 1.58. The molecule has 5 nitrogen and oxygen atoms in total. The lowest BCUT2D eigenvalue weighted by Crippen LogP contribution is -2.13. The smallest absolute Gasteiger partial charge is 0.412 e. The number of ether oxygens (including phenoxy) is 1. The molecular weight excluding hydrogens is 278 g/mol. The molecule has 0 aliphatic heterocycles. The molecule has 1 aromatic carbocycles. The van der Waals surface area contributed by atoms with Crippen LogP contribution < -0.4 is 5.32 Å². The Morgan fingerprint density at radius 1 is 1.30 bits per heavy atom. The molecule has 1 amide bonds.